The number of unbranched alkanes of at least 4 members (excludes halogenated alkanes) is 1. The first-order valence-corrected chi connectivity index (χ1v) is 9.59. The molecule has 1 nitrogen and oxygen atoms in total. The maximum atomic E-state index is 3.32. The van der Waals surface area contributed by atoms with Crippen molar-refractivity contribution in [3.8, 4) is 0 Å². The van der Waals surface area contributed by atoms with Gasteiger partial charge in [0.1, 0.15) is 0 Å². The molecule has 2 rings (SSSR count). The van der Waals surface area contributed by atoms with Gasteiger partial charge in [0.05, 0.1) is 0 Å². The summed E-state index contributed by atoms with van der Waals surface area (Å²) in [4.78, 5) is 0. The summed E-state index contributed by atoms with van der Waals surface area (Å²) in [6, 6.07) is 17.7. The lowest BCUT2D eigenvalue weighted by molar-refractivity contribution is 0.726. The van der Waals surface area contributed by atoms with E-state index in [1.165, 1.54) is 41.5 Å². The fourth-order valence-corrected chi connectivity index (χ4v) is 2.55. The average molecular weight is 326 g/mol. The quantitative estimate of drug-likeness (QED) is 0.632. The molecule has 0 bridgehead atoms. The van der Waals surface area contributed by atoms with Crippen molar-refractivity contribution in [1.82, 2.24) is 5.32 Å². The summed E-state index contributed by atoms with van der Waals surface area (Å²) in [6.45, 7) is 10.8. The molecular formula is C23H35N. The molecular weight excluding hydrogens is 290 g/mol. The smallest absolute Gasteiger partial charge is 0.0205 e. The van der Waals surface area contributed by atoms with Gasteiger partial charge in [-0.3, -0.25) is 0 Å². The van der Waals surface area contributed by atoms with Crippen molar-refractivity contribution in [2.45, 2.75) is 66.3 Å². The third-order valence-corrected chi connectivity index (χ3v) is 4.23. The number of nitrogens with one attached hydrogen (secondary N) is 1. The van der Waals surface area contributed by atoms with E-state index in [0.717, 1.165) is 25.9 Å². The van der Waals surface area contributed by atoms with Gasteiger partial charge in [-0.1, -0.05) is 82.6 Å². The molecule has 0 unspecified atom stereocenters. The van der Waals surface area contributed by atoms with Crippen molar-refractivity contribution in [2.75, 3.05) is 6.54 Å². The van der Waals surface area contributed by atoms with Crippen molar-refractivity contribution in [3.63, 3.8) is 0 Å². The number of benzene rings is 2. The largest absolute Gasteiger partial charge is 0.313 e. The van der Waals surface area contributed by atoms with Gasteiger partial charge in [0.2, 0.25) is 0 Å². The number of hydrogen-bond donors (Lipinski definition) is 1. The zero-order valence-corrected chi connectivity index (χ0v) is 16.1. The average Bonchev–Trinajstić information content (AvgIpc) is 2.65. The van der Waals surface area contributed by atoms with Crippen LogP contribution in [-0.4, -0.2) is 6.54 Å². The Bertz CT molecular complexity index is 542. The van der Waals surface area contributed by atoms with Crippen LogP contribution >= 0.6 is 0 Å². The topological polar surface area (TPSA) is 12.0 Å². The zero-order valence-electron chi connectivity index (χ0n) is 16.1. The number of aryl methyl sites for hydroxylation is 3. The monoisotopic (exact) mass is 325 g/mol. The molecule has 2 aromatic carbocycles. The van der Waals surface area contributed by atoms with E-state index in [-0.39, 0.29) is 0 Å². The lowest BCUT2D eigenvalue weighted by Crippen LogP contribution is -2.11. The van der Waals surface area contributed by atoms with E-state index in [0.29, 0.717) is 0 Å². The van der Waals surface area contributed by atoms with Crippen LogP contribution in [0, 0.1) is 0 Å². The minimum Gasteiger partial charge on any atom is -0.313 e. The second kappa shape index (κ2) is 12.8. The van der Waals surface area contributed by atoms with Crippen LogP contribution in [0.2, 0.25) is 0 Å². The highest BCUT2D eigenvalue weighted by atomic mass is 14.8. The molecule has 0 fully saturated rings. The fraction of sp³-hybridized carbons (Fsp3) is 0.478. The van der Waals surface area contributed by atoms with E-state index in [4.69, 9.17) is 0 Å². The molecule has 0 spiro atoms. The summed E-state index contributed by atoms with van der Waals surface area (Å²) >= 11 is 0. The first kappa shape index (κ1) is 20.4. The van der Waals surface area contributed by atoms with Gasteiger partial charge in [0.25, 0.3) is 0 Å². The lowest BCUT2D eigenvalue weighted by Gasteiger charge is -2.03. The molecule has 0 aromatic heterocycles. The third kappa shape index (κ3) is 8.31. The molecule has 0 heterocycles. The Kier molecular flexibility index (Phi) is 10.9. The number of hydrogen-bond acceptors (Lipinski definition) is 1. The summed E-state index contributed by atoms with van der Waals surface area (Å²) in [6.07, 6.45) is 6.11. The van der Waals surface area contributed by atoms with Crippen molar-refractivity contribution < 1.29 is 0 Å². The highest BCUT2D eigenvalue weighted by Crippen LogP contribution is 2.08. The molecule has 0 atom stereocenters. The van der Waals surface area contributed by atoms with Crippen LogP contribution in [0.3, 0.4) is 0 Å². The van der Waals surface area contributed by atoms with E-state index in [1.54, 1.807) is 0 Å². The van der Waals surface area contributed by atoms with Crippen LogP contribution in [0.5, 0.6) is 0 Å². The van der Waals surface area contributed by atoms with Gasteiger partial charge in [-0.05, 0) is 54.5 Å². The Morgan fingerprint density at radius 3 is 1.92 bits per heavy atom. The van der Waals surface area contributed by atoms with E-state index >= 15 is 0 Å². The van der Waals surface area contributed by atoms with Gasteiger partial charge in [-0.25, -0.2) is 0 Å². The van der Waals surface area contributed by atoms with Crippen molar-refractivity contribution in [3.05, 3.63) is 70.8 Å². The Hall–Kier alpha value is -1.60. The Morgan fingerprint density at radius 1 is 0.708 bits per heavy atom. The molecule has 1 N–H and O–H groups in total. The first-order valence-electron chi connectivity index (χ1n) is 9.59. The second-order valence-corrected chi connectivity index (χ2v) is 6.23. The Labute approximate surface area is 149 Å². The van der Waals surface area contributed by atoms with E-state index in [9.17, 15) is 0 Å². The van der Waals surface area contributed by atoms with Gasteiger partial charge in [0, 0.05) is 6.54 Å². The minimum atomic E-state index is 0.990. The fourth-order valence-electron chi connectivity index (χ4n) is 2.55. The normalized spacial score (nSPS) is 10.2. The van der Waals surface area contributed by atoms with E-state index < -0.39 is 0 Å². The van der Waals surface area contributed by atoms with Gasteiger partial charge in [0.15, 0.2) is 0 Å². The minimum absolute atomic E-state index is 0.990. The maximum absolute atomic E-state index is 3.32. The van der Waals surface area contributed by atoms with Crippen LogP contribution in [0.4, 0.5) is 0 Å². The SMILES string of the molecule is CCCCc1ccc(CC)cc1.CCNCc1cccc(CC)c1. The summed E-state index contributed by atoms with van der Waals surface area (Å²) in [5.41, 5.74) is 5.73. The van der Waals surface area contributed by atoms with Crippen LogP contribution < -0.4 is 5.32 Å². The molecule has 0 saturated heterocycles. The summed E-state index contributed by atoms with van der Waals surface area (Å²) in [7, 11) is 0. The summed E-state index contributed by atoms with van der Waals surface area (Å²) in [5, 5.41) is 3.32. The molecule has 0 saturated carbocycles. The van der Waals surface area contributed by atoms with Crippen molar-refractivity contribution >= 4 is 0 Å². The molecule has 24 heavy (non-hydrogen) atoms. The highest BCUT2D eigenvalue weighted by molar-refractivity contribution is 5.23. The summed E-state index contributed by atoms with van der Waals surface area (Å²) < 4.78 is 0. The van der Waals surface area contributed by atoms with Gasteiger partial charge >= 0.3 is 0 Å². The van der Waals surface area contributed by atoms with Crippen LogP contribution in [0.15, 0.2) is 48.5 Å². The molecule has 2 aromatic rings. The molecule has 0 amide bonds. The zero-order chi connectivity index (χ0) is 17.6. The van der Waals surface area contributed by atoms with Gasteiger partial charge < -0.3 is 5.32 Å². The lowest BCUT2D eigenvalue weighted by atomic mass is 10.1. The van der Waals surface area contributed by atoms with E-state index in [2.05, 4.69) is 81.5 Å². The van der Waals surface area contributed by atoms with Crippen LogP contribution in [0.25, 0.3) is 0 Å². The predicted molar refractivity (Wildman–Crippen MR) is 108 cm³/mol. The molecule has 0 aliphatic rings. The Balaban J connectivity index is 0.000000240. The summed E-state index contributed by atoms with van der Waals surface area (Å²) in [5.74, 6) is 0. The molecule has 0 aliphatic heterocycles. The predicted octanol–water partition coefficient (Wildman–Crippen LogP) is 5.95. The van der Waals surface area contributed by atoms with Gasteiger partial charge in [-0.15, -0.1) is 0 Å². The van der Waals surface area contributed by atoms with Crippen LogP contribution in [-0.2, 0) is 25.8 Å². The maximum Gasteiger partial charge on any atom is 0.0205 e. The third-order valence-electron chi connectivity index (χ3n) is 4.23. The van der Waals surface area contributed by atoms with Crippen molar-refractivity contribution in [2.24, 2.45) is 0 Å². The first-order chi connectivity index (χ1) is 11.7. The van der Waals surface area contributed by atoms with E-state index in [1.807, 2.05) is 0 Å². The molecule has 0 radical (unpaired) electrons. The van der Waals surface area contributed by atoms with Crippen molar-refractivity contribution in [1.29, 1.82) is 0 Å². The molecule has 132 valence electrons. The van der Waals surface area contributed by atoms with Crippen LogP contribution in [0.1, 0.15) is 62.8 Å². The number of rotatable bonds is 8. The molecule has 1 heteroatoms. The van der Waals surface area contributed by atoms with Gasteiger partial charge in [-0.2, -0.15) is 0 Å². The second-order valence-electron chi connectivity index (χ2n) is 6.23. The molecule has 0 aliphatic carbocycles. The Morgan fingerprint density at radius 2 is 1.33 bits per heavy atom. The standard InChI is InChI=1S/C12H18.C11H17N/c1-3-5-6-12-9-7-11(4-2)8-10-12;1-3-10-6-5-7-11(8-10)9-12-4-2/h7-10H,3-6H2,1-2H3;5-8,12H,3-4,9H2,1-2H3. The highest BCUT2D eigenvalue weighted by Gasteiger charge is 1.93.